The van der Waals surface area contributed by atoms with E-state index in [4.69, 9.17) is 15.6 Å². The molecule has 1 aliphatic heterocycles. The topological polar surface area (TPSA) is 114 Å². The number of fused-ring (bicyclic) bond motifs is 1. The van der Waals surface area contributed by atoms with Gasteiger partial charge in [0.15, 0.2) is 0 Å². The molecule has 2 unspecified atom stereocenters. The van der Waals surface area contributed by atoms with E-state index in [2.05, 4.69) is 10.6 Å². The molecule has 2 atom stereocenters. The first-order valence-corrected chi connectivity index (χ1v) is 9.67. The largest absolute Gasteiger partial charge is 0.483 e. The van der Waals surface area contributed by atoms with Crippen molar-refractivity contribution in [2.45, 2.75) is 44.4 Å². The third-order valence-electron chi connectivity index (χ3n) is 5.25. The van der Waals surface area contributed by atoms with Crippen molar-refractivity contribution in [2.24, 2.45) is 5.73 Å². The number of anilines is 1. The number of allylic oxidation sites excluding steroid dienone is 2. The molecule has 0 radical (unpaired) electrons. The fourth-order valence-corrected chi connectivity index (χ4v) is 3.39. The van der Waals surface area contributed by atoms with Gasteiger partial charge in [-0.05, 0) is 56.7 Å². The number of amides is 1. The summed E-state index contributed by atoms with van der Waals surface area (Å²) in [5.41, 5.74) is 8.61. The third-order valence-corrected chi connectivity index (χ3v) is 5.25. The summed E-state index contributed by atoms with van der Waals surface area (Å²) in [6.07, 6.45) is 9.12. The highest BCUT2D eigenvalue weighted by molar-refractivity contribution is 6.04. The van der Waals surface area contributed by atoms with Crippen LogP contribution in [0.2, 0.25) is 0 Å². The zero-order valence-corrected chi connectivity index (χ0v) is 16.7. The predicted molar refractivity (Wildman–Crippen MR) is 112 cm³/mol. The molecule has 1 aromatic carbocycles. The molecule has 0 fully saturated rings. The number of rotatable bonds is 7. The second-order valence-corrected chi connectivity index (χ2v) is 7.55. The Morgan fingerprint density at radius 3 is 2.76 bits per heavy atom. The summed E-state index contributed by atoms with van der Waals surface area (Å²) in [6, 6.07) is 5.43. The number of hydrogen-bond acceptors (Lipinski definition) is 5. The van der Waals surface area contributed by atoms with Gasteiger partial charge in [0.2, 0.25) is 0 Å². The zero-order chi connectivity index (χ0) is 21.0. The lowest BCUT2D eigenvalue weighted by Gasteiger charge is -2.31. The number of ether oxygens (including phenoxy) is 1. The maximum atomic E-state index is 12.6. The fraction of sp³-hybridized carbons (Fsp3) is 0.364. The molecule has 1 aliphatic carbocycles. The van der Waals surface area contributed by atoms with Crippen LogP contribution in [0.4, 0.5) is 5.69 Å². The lowest BCUT2D eigenvalue weighted by molar-refractivity contribution is -0.137. The van der Waals surface area contributed by atoms with Gasteiger partial charge in [-0.2, -0.15) is 0 Å². The average Bonchev–Trinajstić information content (AvgIpc) is 2.72. The number of carboxylic acids is 1. The molecule has 7 heteroatoms. The van der Waals surface area contributed by atoms with Gasteiger partial charge >= 0.3 is 5.97 Å². The maximum absolute atomic E-state index is 12.6. The Balaban J connectivity index is 1.67. The maximum Gasteiger partial charge on any atom is 0.303 e. The minimum atomic E-state index is -0.848. The molecule has 0 saturated heterocycles. The van der Waals surface area contributed by atoms with Gasteiger partial charge in [-0.25, -0.2) is 0 Å². The summed E-state index contributed by atoms with van der Waals surface area (Å²) >= 11 is 0. The molecule has 7 nitrogen and oxygen atoms in total. The number of carbonyl (C=O) groups excluding carboxylic acids is 1. The highest BCUT2D eigenvalue weighted by Crippen LogP contribution is 2.35. The molecular formula is C22H27N3O4. The van der Waals surface area contributed by atoms with E-state index in [0.29, 0.717) is 29.9 Å². The summed E-state index contributed by atoms with van der Waals surface area (Å²) in [6.45, 7) is 1.86. The van der Waals surface area contributed by atoms with E-state index in [1.165, 1.54) is 0 Å². The van der Waals surface area contributed by atoms with E-state index in [1.54, 1.807) is 19.2 Å². The van der Waals surface area contributed by atoms with E-state index in [1.807, 2.05) is 37.3 Å². The van der Waals surface area contributed by atoms with Crippen LogP contribution in [0.1, 0.15) is 38.2 Å². The van der Waals surface area contributed by atoms with Crippen LogP contribution in [-0.4, -0.2) is 35.8 Å². The van der Waals surface area contributed by atoms with Crippen LogP contribution in [-0.2, 0) is 9.59 Å². The smallest absolute Gasteiger partial charge is 0.303 e. The normalized spacial score (nSPS) is 21.3. The van der Waals surface area contributed by atoms with Crippen molar-refractivity contribution in [3.05, 3.63) is 53.1 Å². The Labute approximate surface area is 170 Å². The van der Waals surface area contributed by atoms with Crippen molar-refractivity contribution >= 4 is 23.6 Å². The van der Waals surface area contributed by atoms with Crippen LogP contribution in [0, 0.1) is 0 Å². The van der Waals surface area contributed by atoms with Gasteiger partial charge in [0.1, 0.15) is 11.4 Å². The quantitative estimate of drug-likeness (QED) is 0.526. The highest BCUT2D eigenvalue weighted by Gasteiger charge is 2.28. The van der Waals surface area contributed by atoms with Gasteiger partial charge in [-0.3, -0.25) is 9.59 Å². The summed E-state index contributed by atoms with van der Waals surface area (Å²) in [4.78, 5) is 23.4. The van der Waals surface area contributed by atoms with Crippen molar-refractivity contribution < 1.29 is 19.4 Å². The van der Waals surface area contributed by atoms with Gasteiger partial charge in [-0.1, -0.05) is 18.2 Å². The number of nitrogens with two attached hydrogens (primary N) is 1. The molecule has 1 amide bonds. The zero-order valence-electron chi connectivity index (χ0n) is 16.7. The second kappa shape index (κ2) is 8.63. The lowest BCUT2D eigenvalue weighted by Crippen LogP contribution is -2.36. The minimum absolute atomic E-state index is 0.0365. The van der Waals surface area contributed by atoms with E-state index in [0.717, 1.165) is 17.6 Å². The highest BCUT2D eigenvalue weighted by atomic mass is 16.5. The molecule has 0 saturated carbocycles. The van der Waals surface area contributed by atoms with Crippen LogP contribution in [0.15, 0.2) is 47.6 Å². The van der Waals surface area contributed by atoms with Gasteiger partial charge in [0.05, 0.1) is 6.17 Å². The molecule has 2 aliphatic rings. The van der Waals surface area contributed by atoms with Crippen LogP contribution in [0.25, 0.3) is 6.08 Å². The molecule has 3 rings (SSSR count). The Hall–Kier alpha value is -2.90. The van der Waals surface area contributed by atoms with Crippen molar-refractivity contribution in [1.82, 2.24) is 5.32 Å². The average molecular weight is 397 g/mol. The van der Waals surface area contributed by atoms with Crippen LogP contribution < -0.4 is 21.1 Å². The molecule has 0 spiro atoms. The number of aliphatic carboxylic acids is 1. The Morgan fingerprint density at radius 1 is 1.31 bits per heavy atom. The number of benzene rings is 1. The molecule has 154 valence electrons. The van der Waals surface area contributed by atoms with Crippen LogP contribution in [0.3, 0.4) is 0 Å². The van der Waals surface area contributed by atoms with Gasteiger partial charge < -0.3 is 26.2 Å². The summed E-state index contributed by atoms with van der Waals surface area (Å²) in [5.74, 6) is -0.312. The monoisotopic (exact) mass is 397 g/mol. The molecule has 0 aromatic heterocycles. The molecule has 0 bridgehead atoms. The number of carbonyl (C=O) groups is 2. The van der Waals surface area contributed by atoms with E-state index >= 15 is 0 Å². The molecule has 1 heterocycles. The van der Waals surface area contributed by atoms with Crippen molar-refractivity contribution in [3.8, 4) is 5.75 Å². The minimum Gasteiger partial charge on any atom is -0.483 e. The number of likely N-dealkylation sites (N-methyl/N-ethyl adjacent to an activating group) is 1. The predicted octanol–water partition coefficient (Wildman–Crippen LogP) is 2.81. The van der Waals surface area contributed by atoms with Gasteiger partial charge in [0, 0.05) is 29.7 Å². The number of hydrogen-bond donors (Lipinski definition) is 4. The Morgan fingerprint density at radius 2 is 2.10 bits per heavy atom. The SMILES string of the molecule is CNC(N)C1=CC=C(C(=O)Nc2ccc3c(c2)C=CC(C)(CCC(=O)O)O3)CC1. The van der Waals surface area contributed by atoms with E-state index in [-0.39, 0.29) is 18.5 Å². The standard InChI is InChI=1S/C22H27N3O4/c1-22(12-10-19(26)27)11-9-16-13-17(7-8-18(16)29-22)25-21(28)15-5-3-14(4-6-15)20(23)24-2/h3,5,7-9,11,13,20,24H,4,6,10,12,23H2,1-2H3,(H,25,28)(H,26,27). The number of nitrogens with one attached hydrogen (secondary N) is 2. The molecule has 1 aromatic rings. The number of carboxylic acid groups (broad SMARTS) is 1. The molecule has 29 heavy (non-hydrogen) atoms. The summed E-state index contributed by atoms with van der Waals surface area (Å²) in [5, 5.41) is 14.8. The Bertz CT molecular complexity index is 903. The third kappa shape index (κ3) is 5.13. The van der Waals surface area contributed by atoms with Crippen LogP contribution in [0.5, 0.6) is 5.75 Å². The van der Waals surface area contributed by atoms with Crippen molar-refractivity contribution in [2.75, 3.05) is 12.4 Å². The first-order chi connectivity index (χ1) is 13.8. The lowest BCUT2D eigenvalue weighted by atomic mass is 9.95. The Kier molecular flexibility index (Phi) is 6.20. The van der Waals surface area contributed by atoms with Gasteiger partial charge in [-0.15, -0.1) is 0 Å². The fourth-order valence-electron chi connectivity index (χ4n) is 3.39. The molecule has 5 N–H and O–H groups in total. The van der Waals surface area contributed by atoms with Crippen LogP contribution >= 0.6 is 0 Å². The second-order valence-electron chi connectivity index (χ2n) is 7.55. The first kappa shape index (κ1) is 20.8. The summed E-state index contributed by atoms with van der Waals surface area (Å²) in [7, 11) is 1.81. The van der Waals surface area contributed by atoms with Crippen molar-refractivity contribution in [1.29, 1.82) is 0 Å². The van der Waals surface area contributed by atoms with E-state index in [9.17, 15) is 9.59 Å². The van der Waals surface area contributed by atoms with Gasteiger partial charge in [0.25, 0.3) is 5.91 Å². The van der Waals surface area contributed by atoms with E-state index < -0.39 is 11.6 Å². The summed E-state index contributed by atoms with van der Waals surface area (Å²) < 4.78 is 5.99. The van der Waals surface area contributed by atoms with Crippen molar-refractivity contribution in [3.63, 3.8) is 0 Å². The first-order valence-electron chi connectivity index (χ1n) is 9.67. The molecular weight excluding hydrogens is 370 g/mol.